The Balaban J connectivity index is 1.94. The van der Waals surface area contributed by atoms with Gasteiger partial charge in [-0.25, -0.2) is 0 Å². The number of rotatable bonds is 5. The summed E-state index contributed by atoms with van der Waals surface area (Å²) in [4.78, 5) is 11.9. The average Bonchev–Trinajstić information content (AvgIpc) is 2.43. The fourth-order valence-corrected chi connectivity index (χ4v) is 1.86. The van der Waals surface area contributed by atoms with Crippen molar-refractivity contribution >= 4 is 17.3 Å². The van der Waals surface area contributed by atoms with E-state index in [1.807, 2.05) is 25.1 Å². The third-order valence-corrected chi connectivity index (χ3v) is 2.77. The van der Waals surface area contributed by atoms with Crippen LogP contribution in [0.2, 0.25) is 0 Å². The first kappa shape index (κ1) is 12.7. The number of carbonyl (C=O) groups is 1. The number of ether oxygens (including phenoxy) is 1. The van der Waals surface area contributed by atoms with Crippen molar-refractivity contribution in [3.05, 3.63) is 23.8 Å². The molecule has 1 aliphatic rings. The molecule has 98 valence electrons. The molecule has 0 aromatic heterocycles. The van der Waals surface area contributed by atoms with E-state index in [2.05, 4.69) is 16.0 Å². The van der Waals surface area contributed by atoms with Crippen molar-refractivity contribution in [3.63, 3.8) is 0 Å². The highest BCUT2D eigenvalue weighted by Gasteiger charge is 2.11. The van der Waals surface area contributed by atoms with Crippen LogP contribution in [0.4, 0.5) is 11.4 Å². The molecule has 3 N–H and O–H groups in total. The molecule has 0 aliphatic carbocycles. The van der Waals surface area contributed by atoms with Gasteiger partial charge < -0.3 is 20.7 Å². The maximum atomic E-state index is 11.9. The Labute approximate surface area is 107 Å². The molecule has 0 fully saturated rings. The molecular weight excluding hydrogens is 230 g/mol. The molecule has 0 saturated carbocycles. The van der Waals surface area contributed by atoms with E-state index < -0.39 is 0 Å². The van der Waals surface area contributed by atoms with Crippen molar-refractivity contribution < 1.29 is 9.53 Å². The molecular formula is C13H19N3O2. The molecule has 0 saturated heterocycles. The van der Waals surface area contributed by atoms with Crippen molar-refractivity contribution in [1.82, 2.24) is 5.32 Å². The Morgan fingerprint density at radius 1 is 1.33 bits per heavy atom. The molecule has 1 aliphatic heterocycles. The highest BCUT2D eigenvalue weighted by Crippen LogP contribution is 2.25. The van der Waals surface area contributed by atoms with Gasteiger partial charge in [-0.15, -0.1) is 0 Å². The van der Waals surface area contributed by atoms with Crippen molar-refractivity contribution in [2.24, 2.45) is 0 Å². The van der Waals surface area contributed by atoms with E-state index in [1.54, 1.807) is 0 Å². The number of benzene rings is 1. The Kier molecular flexibility index (Phi) is 4.41. The fourth-order valence-electron chi connectivity index (χ4n) is 1.86. The Hall–Kier alpha value is -1.75. The maximum absolute atomic E-state index is 11.9. The van der Waals surface area contributed by atoms with Gasteiger partial charge in [0, 0.05) is 31.8 Å². The molecule has 18 heavy (non-hydrogen) atoms. The highest BCUT2D eigenvalue weighted by molar-refractivity contribution is 5.96. The summed E-state index contributed by atoms with van der Waals surface area (Å²) in [6, 6.07) is 5.63. The summed E-state index contributed by atoms with van der Waals surface area (Å²) in [7, 11) is 0. The maximum Gasteiger partial charge on any atom is 0.251 e. The van der Waals surface area contributed by atoms with Crippen LogP contribution in [-0.2, 0) is 4.74 Å². The number of anilines is 2. The van der Waals surface area contributed by atoms with E-state index in [0.717, 1.165) is 24.5 Å². The van der Waals surface area contributed by atoms with Gasteiger partial charge in [0.2, 0.25) is 0 Å². The summed E-state index contributed by atoms with van der Waals surface area (Å²) in [6.07, 6.45) is 0. The van der Waals surface area contributed by atoms with Gasteiger partial charge in [-0.05, 0) is 25.1 Å². The van der Waals surface area contributed by atoms with Crippen molar-refractivity contribution in [2.75, 3.05) is 43.5 Å². The predicted molar refractivity (Wildman–Crippen MR) is 72.2 cm³/mol. The van der Waals surface area contributed by atoms with E-state index in [4.69, 9.17) is 4.74 Å². The number of hydrogen-bond acceptors (Lipinski definition) is 4. The number of amides is 1. The summed E-state index contributed by atoms with van der Waals surface area (Å²) in [5.41, 5.74) is 2.70. The van der Waals surface area contributed by atoms with Crippen LogP contribution in [0.3, 0.4) is 0 Å². The second-order valence-corrected chi connectivity index (χ2v) is 4.07. The second kappa shape index (κ2) is 6.26. The summed E-state index contributed by atoms with van der Waals surface area (Å²) >= 11 is 0. The summed E-state index contributed by atoms with van der Waals surface area (Å²) in [5.74, 6) is -0.0649. The van der Waals surface area contributed by atoms with Crippen LogP contribution < -0.4 is 16.0 Å². The monoisotopic (exact) mass is 249 g/mol. The molecule has 2 rings (SSSR count). The van der Waals surface area contributed by atoms with Gasteiger partial charge in [-0.3, -0.25) is 4.79 Å². The number of carbonyl (C=O) groups excluding carboxylic acids is 1. The van der Waals surface area contributed by atoms with Crippen LogP contribution in [0, 0.1) is 0 Å². The smallest absolute Gasteiger partial charge is 0.251 e. The third kappa shape index (κ3) is 3.13. The minimum absolute atomic E-state index is 0.0649. The molecule has 5 heteroatoms. The number of fused-ring (bicyclic) bond motifs is 1. The van der Waals surface area contributed by atoms with Crippen molar-refractivity contribution in [3.8, 4) is 0 Å². The van der Waals surface area contributed by atoms with Gasteiger partial charge in [0.1, 0.15) is 0 Å². The zero-order chi connectivity index (χ0) is 12.8. The Morgan fingerprint density at radius 3 is 2.89 bits per heavy atom. The van der Waals surface area contributed by atoms with Gasteiger partial charge in [-0.2, -0.15) is 0 Å². The van der Waals surface area contributed by atoms with Gasteiger partial charge in [0.05, 0.1) is 18.0 Å². The molecule has 1 aromatic rings. The van der Waals surface area contributed by atoms with Crippen molar-refractivity contribution in [1.29, 1.82) is 0 Å². The minimum atomic E-state index is -0.0649. The zero-order valence-electron chi connectivity index (χ0n) is 10.6. The van der Waals surface area contributed by atoms with Crippen LogP contribution >= 0.6 is 0 Å². The summed E-state index contributed by atoms with van der Waals surface area (Å²) in [5, 5.41) is 9.37. The van der Waals surface area contributed by atoms with E-state index in [0.29, 0.717) is 25.3 Å². The molecule has 1 amide bonds. The van der Waals surface area contributed by atoms with Gasteiger partial charge in [0.25, 0.3) is 5.91 Å². The number of nitrogens with one attached hydrogen (secondary N) is 3. The number of hydrogen-bond donors (Lipinski definition) is 3. The lowest BCUT2D eigenvalue weighted by Crippen LogP contribution is -2.28. The molecule has 0 bridgehead atoms. The lowest BCUT2D eigenvalue weighted by atomic mass is 10.1. The summed E-state index contributed by atoms with van der Waals surface area (Å²) in [6.45, 7) is 5.48. The molecule has 5 nitrogen and oxygen atoms in total. The summed E-state index contributed by atoms with van der Waals surface area (Å²) < 4.78 is 5.17. The van der Waals surface area contributed by atoms with Crippen molar-refractivity contribution in [2.45, 2.75) is 6.92 Å². The quantitative estimate of drug-likeness (QED) is 0.688. The van der Waals surface area contributed by atoms with Crippen LogP contribution in [-0.4, -0.2) is 38.8 Å². The van der Waals surface area contributed by atoms with Crippen LogP contribution in [0.1, 0.15) is 17.3 Å². The Morgan fingerprint density at radius 2 is 2.11 bits per heavy atom. The normalized spacial score (nSPS) is 13.2. The zero-order valence-corrected chi connectivity index (χ0v) is 10.6. The lowest BCUT2D eigenvalue weighted by Gasteiger charge is -2.20. The topological polar surface area (TPSA) is 62.4 Å². The SMILES string of the molecule is CCOCCNC(=O)c1ccc2c(c1)NCCN2. The van der Waals surface area contributed by atoms with E-state index in [-0.39, 0.29) is 5.91 Å². The van der Waals surface area contributed by atoms with Gasteiger partial charge in [-0.1, -0.05) is 0 Å². The predicted octanol–water partition coefficient (Wildman–Crippen LogP) is 1.29. The standard InChI is InChI=1S/C13H19N3O2/c1-2-18-8-7-16-13(17)10-3-4-11-12(9-10)15-6-5-14-11/h3-4,9,14-15H,2,5-8H2,1H3,(H,16,17). The molecule has 0 radical (unpaired) electrons. The van der Waals surface area contributed by atoms with E-state index in [9.17, 15) is 4.79 Å². The largest absolute Gasteiger partial charge is 0.382 e. The highest BCUT2D eigenvalue weighted by atomic mass is 16.5. The second-order valence-electron chi connectivity index (χ2n) is 4.07. The average molecular weight is 249 g/mol. The first-order valence-corrected chi connectivity index (χ1v) is 6.29. The molecule has 1 aromatic carbocycles. The van der Waals surface area contributed by atoms with Crippen LogP contribution in [0.25, 0.3) is 0 Å². The molecule has 0 unspecified atom stereocenters. The Bertz CT molecular complexity index is 421. The van der Waals surface area contributed by atoms with Gasteiger partial charge >= 0.3 is 0 Å². The lowest BCUT2D eigenvalue weighted by molar-refractivity contribution is 0.0922. The molecule has 1 heterocycles. The third-order valence-electron chi connectivity index (χ3n) is 2.77. The van der Waals surface area contributed by atoms with E-state index in [1.165, 1.54) is 0 Å². The molecule has 0 atom stereocenters. The first-order chi connectivity index (χ1) is 8.81. The van der Waals surface area contributed by atoms with Crippen LogP contribution in [0.5, 0.6) is 0 Å². The first-order valence-electron chi connectivity index (χ1n) is 6.29. The minimum Gasteiger partial charge on any atom is -0.382 e. The van der Waals surface area contributed by atoms with E-state index >= 15 is 0 Å². The fraction of sp³-hybridized carbons (Fsp3) is 0.462. The van der Waals surface area contributed by atoms with Crippen LogP contribution in [0.15, 0.2) is 18.2 Å². The van der Waals surface area contributed by atoms with Gasteiger partial charge in [0.15, 0.2) is 0 Å². The molecule has 0 spiro atoms.